The number of hydrogen-bond donors (Lipinski definition) is 1. The molecule has 3 nitrogen and oxygen atoms in total. The van der Waals surface area contributed by atoms with Crippen LogP contribution in [0.3, 0.4) is 0 Å². The molecular formula is C15H25NO2. The molecule has 0 saturated heterocycles. The van der Waals surface area contributed by atoms with Crippen molar-refractivity contribution in [1.29, 1.82) is 0 Å². The molecule has 1 atom stereocenters. The van der Waals surface area contributed by atoms with Crippen molar-refractivity contribution < 1.29 is 9.47 Å². The van der Waals surface area contributed by atoms with Crippen molar-refractivity contribution in [2.75, 3.05) is 26.1 Å². The van der Waals surface area contributed by atoms with Gasteiger partial charge in [0.1, 0.15) is 11.5 Å². The Bertz CT molecular complexity index is 383. The minimum Gasteiger partial charge on any atom is -0.497 e. The van der Waals surface area contributed by atoms with Crippen LogP contribution in [0.1, 0.15) is 27.7 Å². The molecule has 18 heavy (non-hydrogen) atoms. The number of anilines is 1. The number of ether oxygens (including phenoxy) is 2. The minimum absolute atomic E-state index is 0.291. The van der Waals surface area contributed by atoms with E-state index < -0.39 is 0 Å². The summed E-state index contributed by atoms with van der Waals surface area (Å²) in [7, 11) is 3.35. The second kappa shape index (κ2) is 5.98. The number of hydrogen-bond acceptors (Lipinski definition) is 3. The van der Waals surface area contributed by atoms with Gasteiger partial charge in [0.25, 0.3) is 0 Å². The van der Waals surface area contributed by atoms with Gasteiger partial charge in [-0.25, -0.2) is 0 Å². The molecule has 102 valence electrons. The van der Waals surface area contributed by atoms with Gasteiger partial charge in [-0.1, -0.05) is 27.7 Å². The fourth-order valence-corrected chi connectivity index (χ4v) is 1.52. The Labute approximate surface area is 110 Å². The predicted octanol–water partition coefficient (Wildman–Crippen LogP) is 3.80. The fourth-order valence-electron chi connectivity index (χ4n) is 1.52. The van der Waals surface area contributed by atoms with E-state index >= 15 is 0 Å². The summed E-state index contributed by atoms with van der Waals surface area (Å²) in [5.41, 5.74) is 1.27. The van der Waals surface area contributed by atoms with Crippen LogP contribution in [0.25, 0.3) is 0 Å². The van der Waals surface area contributed by atoms with Gasteiger partial charge in [0.2, 0.25) is 0 Å². The van der Waals surface area contributed by atoms with Crippen LogP contribution in [0.2, 0.25) is 0 Å². The Balaban J connectivity index is 2.77. The largest absolute Gasteiger partial charge is 0.497 e. The summed E-state index contributed by atoms with van der Waals surface area (Å²) in [5.74, 6) is 2.24. The summed E-state index contributed by atoms with van der Waals surface area (Å²) < 4.78 is 10.6. The first-order chi connectivity index (χ1) is 8.38. The Morgan fingerprint density at radius 3 is 2.33 bits per heavy atom. The number of nitrogens with one attached hydrogen (secondary N) is 1. The molecule has 0 heterocycles. The van der Waals surface area contributed by atoms with Gasteiger partial charge < -0.3 is 14.8 Å². The summed E-state index contributed by atoms with van der Waals surface area (Å²) in [6.07, 6.45) is 0. The first-order valence-corrected chi connectivity index (χ1v) is 6.34. The van der Waals surface area contributed by atoms with Gasteiger partial charge in [-0.2, -0.15) is 0 Å². The van der Waals surface area contributed by atoms with Crippen LogP contribution >= 0.6 is 0 Å². The molecule has 1 unspecified atom stereocenters. The molecule has 3 heteroatoms. The van der Waals surface area contributed by atoms with Crippen molar-refractivity contribution in [2.24, 2.45) is 11.3 Å². The smallest absolute Gasteiger partial charge is 0.142 e. The van der Waals surface area contributed by atoms with E-state index in [-0.39, 0.29) is 0 Å². The number of benzene rings is 1. The lowest BCUT2D eigenvalue weighted by molar-refractivity contribution is 0.274. The predicted molar refractivity (Wildman–Crippen MR) is 76.7 cm³/mol. The first kappa shape index (κ1) is 14.7. The van der Waals surface area contributed by atoms with E-state index in [2.05, 4.69) is 33.0 Å². The van der Waals surface area contributed by atoms with Crippen LogP contribution in [-0.4, -0.2) is 20.8 Å². The maximum atomic E-state index is 5.34. The average Bonchev–Trinajstić information content (AvgIpc) is 2.34. The van der Waals surface area contributed by atoms with Gasteiger partial charge in [-0.15, -0.1) is 0 Å². The highest BCUT2D eigenvalue weighted by Gasteiger charge is 2.20. The molecule has 0 spiro atoms. The summed E-state index contributed by atoms with van der Waals surface area (Å²) in [6, 6.07) is 5.79. The third-order valence-corrected chi connectivity index (χ3v) is 3.48. The van der Waals surface area contributed by atoms with Crippen LogP contribution in [-0.2, 0) is 0 Å². The van der Waals surface area contributed by atoms with E-state index in [0.717, 1.165) is 23.7 Å². The third-order valence-electron chi connectivity index (χ3n) is 3.48. The standard InChI is InChI=1S/C15H25NO2/c1-11(15(2,3)4)10-16-13-9-12(17-5)7-8-14(13)18-6/h7-9,11,16H,10H2,1-6H3. The van der Waals surface area contributed by atoms with Crippen molar-refractivity contribution >= 4 is 5.69 Å². The minimum atomic E-state index is 0.291. The molecular weight excluding hydrogens is 226 g/mol. The number of rotatable bonds is 5. The van der Waals surface area contributed by atoms with Gasteiger partial charge >= 0.3 is 0 Å². The lowest BCUT2D eigenvalue weighted by Crippen LogP contribution is -2.24. The molecule has 0 bridgehead atoms. The zero-order valence-electron chi connectivity index (χ0n) is 12.3. The van der Waals surface area contributed by atoms with E-state index in [1.54, 1.807) is 14.2 Å². The van der Waals surface area contributed by atoms with Crippen LogP contribution < -0.4 is 14.8 Å². The van der Waals surface area contributed by atoms with Crippen LogP contribution in [0.15, 0.2) is 18.2 Å². The average molecular weight is 251 g/mol. The first-order valence-electron chi connectivity index (χ1n) is 6.34. The summed E-state index contributed by atoms with van der Waals surface area (Å²) in [4.78, 5) is 0. The Kier molecular flexibility index (Phi) is 4.88. The van der Waals surface area contributed by atoms with Gasteiger partial charge in [-0.05, 0) is 23.5 Å². The molecule has 0 aliphatic carbocycles. The van der Waals surface area contributed by atoms with Crippen LogP contribution in [0, 0.1) is 11.3 Å². The Morgan fingerprint density at radius 1 is 1.17 bits per heavy atom. The monoisotopic (exact) mass is 251 g/mol. The van der Waals surface area contributed by atoms with E-state index in [4.69, 9.17) is 9.47 Å². The van der Waals surface area contributed by atoms with E-state index in [9.17, 15) is 0 Å². The van der Waals surface area contributed by atoms with E-state index in [1.807, 2.05) is 18.2 Å². The maximum Gasteiger partial charge on any atom is 0.142 e. The SMILES string of the molecule is COc1ccc(OC)c(NCC(C)C(C)(C)C)c1. The fraction of sp³-hybridized carbons (Fsp3) is 0.600. The number of methoxy groups -OCH3 is 2. The van der Waals surface area contributed by atoms with Gasteiger partial charge in [0.15, 0.2) is 0 Å². The van der Waals surface area contributed by atoms with Crippen molar-refractivity contribution in [3.05, 3.63) is 18.2 Å². The molecule has 0 aliphatic rings. The second-order valence-electron chi connectivity index (χ2n) is 5.71. The molecule has 0 amide bonds. The molecule has 0 aromatic heterocycles. The lowest BCUT2D eigenvalue weighted by Gasteiger charge is -2.28. The summed E-state index contributed by atoms with van der Waals surface area (Å²) in [6.45, 7) is 9.92. The molecule has 1 aromatic rings. The quantitative estimate of drug-likeness (QED) is 0.863. The molecule has 0 saturated carbocycles. The van der Waals surface area contributed by atoms with E-state index in [1.165, 1.54) is 0 Å². The lowest BCUT2D eigenvalue weighted by atomic mass is 9.82. The van der Waals surface area contributed by atoms with Gasteiger partial charge in [0.05, 0.1) is 19.9 Å². The van der Waals surface area contributed by atoms with Gasteiger partial charge in [0, 0.05) is 12.6 Å². The highest BCUT2D eigenvalue weighted by Crippen LogP contribution is 2.31. The van der Waals surface area contributed by atoms with E-state index in [0.29, 0.717) is 11.3 Å². The molecule has 0 aliphatic heterocycles. The normalized spacial score (nSPS) is 13.0. The Hall–Kier alpha value is -1.38. The van der Waals surface area contributed by atoms with Crippen molar-refractivity contribution in [3.8, 4) is 11.5 Å². The topological polar surface area (TPSA) is 30.5 Å². The van der Waals surface area contributed by atoms with Gasteiger partial charge in [-0.3, -0.25) is 0 Å². The summed E-state index contributed by atoms with van der Waals surface area (Å²) >= 11 is 0. The molecule has 1 N–H and O–H groups in total. The molecule has 0 radical (unpaired) electrons. The highest BCUT2D eigenvalue weighted by molar-refractivity contribution is 5.59. The third kappa shape index (κ3) is 3.83. The maximum absolute atomic E-state index is 5.34. The molecule has 1 aromatic carbocycles. The second-order valence-corrected chi connectivity index (χ2v) is 5.71. The van der Waals surface area contributed by atoms with Crippen molar-refractivity contribution in [2.45, 2.75) is 27.7 Å². The van der Waals surface area contributed by atoms with Crippen molar-refractivity contribution in [3.63, 3.8) is 0 Å². The summed E-state index contributed by atoms with van der Waals surface area (Å²) in [5, 5.41) is 3.44. The zero-order valence-corrected chi connectivity index (χ0v) is 12.3. The zero-order chi connectivity index (χ0) is 13.8. The molecule has 1 rings (SSSR count). The van der Waals surface area contributed by atoms with Crippen molar-refractivity contribution in [1.82, 2.24) is 0 Å². The van der Waals surface area contributed by atoms with Crippen LogP contribution in [0.5, 0.6) is 11.5 Å². The highest BCUT2D eigenvalue weighted by atomic mass is 16.5. The Morgan fingerprint density at radius 2 is 1.83 bits per heavy atom. The molecule has 0 fully saturated rings. The van der Waals surface area contributed by atoms with Crippen LogP contribution in [0.4, 0.5) is 5.69 Å².